The fourth-order valence-electron chi connectivity index (χ4n) is 2.08. The number of rotatable bonds is 7. The SMILES string of the molecule is CCC(N)C(CCO)c1ccc(COC)cc1. The standard InChI is InChI=1S/C14H23NO2/c1-3-14(15)13(8-9-16)12-6-4-11(5-7-12)10-17-2/h4-7,13-14,16H,3,8-10,15H2,1-2H3. The van der Waals surface area contributed by atoms with Crippen LogP contribution in [-0.2, 0) is 11.3 Å². The molecule has 3 heteroatoms. The number of aliphatic hydroxyl groups excluding tert-OH is 1. The third-order valence-electron chi connectivity index (χ3n) is 3.15. The molecule has 17 heavy (non-hydrogen) atoms. The van der Waals surface area contributed by atoms with Gasteiger partial charge >= 0.3 is 0 Å². The molecule has 0 amide bonds. The van der Waals surface area contributed by atoms with Crippen molar-refractivity contribution in [3.63, 3.8) is 0 Å². The highest BCUT2D eigenvalue weighted by molar-refractivity contribution is 5.26. The quantitative estimate of drug-likeness (QED) is 0.763. The zero-order chi connectivity index (χ0) is 12.7. The second-order valence-corrected chi connectivity index (χ2v) is 4.37. The second kappa shape index (κ2) is 7.43. The first kappa shape index (κ1) is 14.2. The third kappa shape index (κ3) is 4.11. The molecule has 0 saturated carbocycles. The Morgan fingerprint density at radius 1 is 1.29 bits per heavy atom. The molecule has 96 valence electrons. The fraction of sp³-hybridized carbons (Fsp3) is 0.571. The molecule has 2 atom stereocenters. The van der Waals surface area contributed by atoms with Crippen LogP contribution in [-0.4, -0.2) is 24.9 Å². The predicted octanol–water partition coefficient (Wildman–Crippen LogP) is 2.04. The van der Waals surface area contributed by atoms with Gasteiger partial charge in [0, 0.05) is 25.7 Å². The lowest BCUT2D eigenvalue weighted by Crippen LogP contribution is -2.28. The lowest BCUT2D eigenvalue weighted by molar-refractivity contribution is 0.185. The summed E-state index contributed by atoms with van der Waals surface area (Å²) in [4.78, 5) is 0. The number of hydrogen-bond acceptors (Lipinski definition) is 3. The summed E-state index contributed by atoms with van der Waals surface area (Å²) in [6.07, 6.45) is 1.64. The first-order chi connectivity index (χ1) is 8.22. The molecule has 0 bridgehead atoms. The van der Waals surface area contributed by atoms with Crippen molar-refractivity contribution < 1.29 is 9.84 Å². The summed E-state index contributed by atoms with van der Waals surface area (Å²) in [5.41, 5.74) is 8.45. The van der Waals surface area contributed by atoms with E-state index in [0.717, 1.165) is 18.4 Å². The van der Waals surface area contributed by atoms with Crippen molar-refractivity contribution in [2.75, 3.05) is 13.7 Å². The van der Waals surface area contributed by atoms with Crippen molar-refractivity contribution in [2.24, 2.45) is 5.73 Å². The van der Waals surface area contributed by atoms with Crippen molar-refractivity contribution in [1.29, 1.82) is 0 Å². The molecule has 0 aliphatic rings. The minimum absolute atomic E-state index is 0.107. The van der Waals surface area contributed by atoms with Gasteiger partial charge in [-0.1, -0.05) is 31.2 Å². The smallest absolute Gasteiger partial charge is 0.0713 e. The van der Waals surface area contributed by atoms with Crippen molar-refractivity contribution in [3.8, 4) is 0 Å². The van der Waals surface area contributed by atoms with E-state index in [0.29, 0.717) is 6.61 Å². The van der Waals surface area contributed by atoms with E-state index in [4.69, 9.17) is 15.6 Å². The van der Waals surface area contributed by atoms with Crippen LogP contribution in [0.15, 0.2) is 24.3 Å². The van der Waals surface area contributed by atoms with Crippen LogP contribution in [0.1, 0.15) is 36.8 Å². The highest BCUT2D eigenvalue weighted by atomic mass is 16.5. The van der Waals surface area contributed by atoms with E-state index in [9.17, 15) is 0 Å². The lowest BCUT2D eigenvalue weighted by atomic mass is 9.87. The maximum absolute atomic E-state index is 9.11. The van der Waals surface area contributed by atoms with E-state index in [1.165, 1.54) is 5.56 Å². The third-order valence-corrected chi connectivity index (χ3v) is 3.15. The molecule has 0 aliphatic carbocycles. The van der Waals surface area contributed by atoms with Gasteiger partial charge in [0.05, 0.1) is 6.61 Å². The van der Waals surface area contributed by atoms with Gasteiger partial charge < -0.3 is 15.6 Å². The van der Waals surface area contributed by atoms with Gasteiger partial charge in [-0.05, 0) is 24.0 Å². The Labute approximate surface area is 104 Å². The molecule has 0 radical (unpaired) electrons. The molecular formula is C14H23NO2. The van der Waals surface area contributed by atoms with Gasteiger partial charge in [-0.25, -0.2) is 0 Å². The van der Waals surface area contributed by atoms with Gasteiger partial charge in [0.2, 0.25) is 0 Å². The van der Waals surface area contributed by atoms with Gasteiger partial charge in [-0.2, -0.15) is 0 Å². The minimum atomic E-state index is 0.107. The highest BCUT2D eigenvalue weighted by Gasteiger charge is 2.17. The van der Waals surface area contributed by atoms with Gasteiger partial charge in [-0.3, -0.25) is 0 Å². The van der Waals surface area contributed by atoms with Crippen molar-refractivity contribution in [2.45, 2.75) is 38.3 Å². The maximum Gasteiger partial charge on any atom is 0.0713 e. The van der Waals surface area contributed by atoms with Gasteiger partial charge in [0.1, 0.15) is 0 Å². The van der Waals surface area contributed by atoms with Crippen LogP contribution in [0.25, 0.3) is 0 Å². The van der Waals surface area contributed by atoms with Crippen LogP contribution in [0.4, 0.5) is 0 Å². The first-order valence-corrected chi connectivity index (χ1v) is 6.17. The monoisotopic (exact) mass is 237 g/mol. The van der Waals surface area contributed by atoms with E-state index in [1.807, 2.05) is 0 Å². The largest absolute Gasteiger partial charge is 0.396 e. The molecule has 0 saturated heterocycles. The molecular weight excluding hydrogens is 214 g/mol. The normalized spacial score (nSPS) is 14.6. The molecule has 3 N–H and O–H groups in total. The number of methoxy groups -OCH3 is 1. The average Bonchev–Trinajstić information content (AvgIpc) is 2.37. The van der Waals surface area contributed by atoms with E-state index >= 15 is 0 Å². The Bertz CT molecular complexity index is 311. The summed E-state index contributed by atoms with van der Waals surface area (Å²) in [5.74, 6) is 0.238. The molecule has 0 heterocycles. The minimum Gasteiger partial charge on any atom is -0.396 e. The van der Waals surface area contributed by atoms with E-state index < -0.39 is 0 Å². The molecule has 1 aromatic carbocycles. The van der Waals surface area contributed by atoms with E-state index in [-0.39, 0.29) is 18.6 Å². The number of hydrogen-bond donors (Lipinski definition) is 2. The van der Waals surface area contributed by atoms with Crippen LogP contribution >= 0.6 is 0 Å². The molecule has 1 aromatic rings. The van der Waals surface area contributed by atoms with E-state index in [1.54, 1.807) is 7.11 Å². The van der Waals surface area contributed by atoms with Gasteiger partial charge in [-0.15, -0.1) is 0 Å². The molecule has 3 nitrogen and oxygen atoms in total. The number of nitrogens with two attached hydrogens (primary N) is 1. The Balaban J connectivity index is 2.79. The Morgan fingerprint density at radius 2 is 1.94 bits per heavy atom. The van der Waals surface area contributed by atoms with Crippen LogP contribution < -0.4 is 5.73 Å². The summed E-state index contributed by atoms with van der Waals surface area (Å²) >= 11 is 0. The molecule has 0 aromatic heterocycles. The Morgan fingerprint density at radius 3 is 2.41 bits per heavy atom. The predicted molar refractivity (Wildman–Crippen MR) is 69.9 cm³/mol. The Kier molecular flexibility index (Phi) is 6.19. The van der Waals surface area contributed by atoms with Crippen LogP contribution in [0, 0.1) is 0 Å². The summed E-state index contributed by atoms with van der Waals surface area (Å²) in [6, 6.07) is 8.40. The van der Waals surface area contributed by atoms with Gasteiger partial charge in [0.15, 0.2) is 0 Å². The Hall–Kier alpha value is -0.900. The number of aliphatic hydroxyl groups is 1. The molecule has 0 fully saturated rings. The summed E-state index contributed by atoms with van der Waals surface area (Å²) in [6.45, 7) is 2.89. The second-order valence-electron chi connectivity index (χ2n) is 4.37. The average molecular weight is 237 g/mol. The summed E-state index contributed by atoms with van der Waals surface area (Å²) in [5, 5.41) is 9.11. The van der Waals surface area contributed by atoms with Gasteiger partial charge in [0.25, 0.3) is 0 Å². The van der Waals surface area contributed by atoms with Crippen LogP contribution in [0.3, 0.4) is 0 Å². The number of ether oxygens (including phenoxy) is 1. The molecule has 1 rings (SSSR count). The summed E-state index contributed by atoms with van der Waals surface area (Å²) in [7, 11) is 1.69. The number of benzene rings is 1. The zero-order valence-electron chi connectivity index (χ0n) is 10.7. The molecule has 2 unspecified atom stereocenters. The topological polar surface area (TPSA) is 55.5 Å². The summed E-state index contributed by atoms with van der Waals surface area (Å²) < 4.78 is 5.08. The van der Waals surface area contributed by atoms with Crippen LogP contribution in [0.2, 0.25) is 0 Å². The van der Waals surface area contributed by atoms with Crippen LogP contribution in [0.5, 0.6) is 0 Å². The lowest BCUT2D eigenvalue weighted by Gasteiger charge is -2.22. The highest BCUT2D eigenvalue weighted by Crippen LogP contribution is 2.24. The zero-order valence-corrected chi connectivity index (χ0v) is 10.7. The van der Waals surface area contributed by atoms with Crippen molar-refractivity contribution >= 4 is 0 Å². The fourth-order valence-corrected chi connectivity index (χ4v) is 2.08. The first-order valence-electron chi connectivity index (χ1n) is 6.17. The van der Waals surface area contributed by atoms with Crippen molar-refractivity contribution in [3.05, 3.63) is 35.4 Å². The molecule has 0 aliphatic heterocycles. The maximum atomic E-state index is 9.11. The van der Waals surface area contributed by atoms with E-state index in [2.05, 4.69) is 31.2 Å². The molecule has 0 spiro atoms. The van der Waals surface area contributed by atoms with Crippen molar-refractivity contribution in [1.82, 2.24) is 0 Å².